The normalized spacial score (nSPS) is 13.5. The first kappa shape index (κ1) is 13.5. The number of rotatable bonds is 3. The van der Waals surface area contributed by atoms with E-state index in [2.05, 4.69) is 10.1 Å². The van der Waals surface area contributed by atoms with Crippen LogP contribution in [0.1, 0.15) is 28.9 Å². The maximum absolute atomic E-state index is 12.4. The smallest absolute Gasteiger partial charge is 0.338 e. The Bertz CT molecular complexity index is 550. The fourth-order valence-corrected chi connectivity index (χ4v) is 1.51. The minimum Gasteiger partial charge on any atom is -0.338 e. The number of nitrogens with zero attached hydrogens (tertiary/aromatic N) is 2. The van der Waals surface area contributed by atoms with E-state index in [0.717, 1.165) is 12.1 Å². The quantitative estimate of drug-likeness (QED) is 0.885. The zero-order valence-electron chi connectivity index (χ0n) is 9.69. The van der Waals surface area contributed by atoms with E-state index in [0.29, 0.717) is 5.56 Å². The predicted octanol–water partition coefficient (Wildman–Crippen LogP) is 1.60. The molecule has 102 valence electrons. The molecule has 5 nitrogen and oxygen atoms in total. The van der Waals surface area contributed by atoms with Crippen molar-refractivity contribution in [3.05, 3.63) is 47.1 Å². The van der Waals surface area contributed by atoms with Crippen molar-refractivity contribution < 1.29 is 17.7 Å². The summed E-state index contributed by atoms with van der Waals surface area (Å²) in [6.45, 7) is 0.0761. The third kappa shape index (κ3) is 2.91. The van der Waals surface area contributed by atoms with E-state index in [1.165, 1.54) is 12.1 Å². The van der Waals surface area contributed by atoms with Crippen LogP contribution < -0.4 is 11.5 Å². The summed E-state index contributed by atoms with van der Waals surface area (Å²) < 4.78 is 42.0. The zero-order chi connectivity index (χ0) is 14.0. The number of alkyl halides is 3. The lowest BCUT2D eigenvalue weighted by atomic mass is 10.0. The molecule has 0 aliphatic rings. The van der Waals surface area contributed by atoms with Crippen LogP contribution in [-0.4, -0.2) is 10.1 Å². The zero-order valence-corrected chi connectivity index (χ0v) is 9.69. The van der Waals surface area contributed by atoms with Gasteiger partial charge in [-0.05, 0) is 17.7 Å². The van der Waals surface area contributed by atoms with E-state index >= 15 is 0 Å². The van der Waals surface area contributed by atoms with Crippen LogP contribution in [0.4, 0.5) is 13.2 Å². The van der Waals surface area contributed by atoms with Crippen molar-refractivity contribution >= 4 is 0 Å². The summed E-state index contributed by atoms with van der Waals surface area (Å²) in [6, 6.07) is 3.72. The van der Waals surface area contributed by atoms with Crippen molar-refractivity contribution in [1.82, 2.24) is 10.1 Å². The molecule has 0 saturated carbocycles. The van der Waals surface area contributed by atoms with Gasteiger partial charge in [0.05, 0.1) is 18.2 Å². The molecule has 0 spiro atoms. The molecule has 1 heterocycles. The molecule has 0 bridgehead atoms. The van der Waals surface area contributed by atoms with Crippen molar-refractivity contribution in [2.45, 2.75) is 18.8 Å². The van der Waals surface area contributed by atoms with Gasteiger partial charge in [-0.25, -0.2) is 0 Å². The molecule has 1 atom stereocenters. The number of halogens is 3. The first-order chi connectivity index (χ1) is 8.91. The summed E-state index contributed by atoms with van der Waals surface area (Å²) in [4.78, 5) is 3.93. The van der Waals surface area contributed by atoms with Gasteiger partial charge in [0.2, 0.25) is 5.89 Å². The molecule has 2 aromatic rings. The highest BCUT2D eigenvalue weighted by atomic mass is 19.4. The molecule has 1 unspecified atom stereocenters. The Morgan fingerprint density at radius 3 is 2.32 bits per heavy atom. The van der Waals surface area contributed by atoms with Gasteiger partial charge in [-0.2, -0.15) is 18.2 Å². The van der Waals surface area contributed by atoms with E-state index in [-0.39, 0.29) is 18.3 Å². The van der Waals surface area contributed by atoms with Gasteiger partial charge in [0.25, 0.3) is 0 Å². The maximum Gasteiger partial charge on any atom is 0.416 e. The maximum atomic E-state index is 12.4. The molecule has 0 fully saturated rings. The summed E-state index contributed by atoms with van der Waals surface area (Å²) in [5.41, 5.74) is 10.9. The standard InChI is InChI=1S/C11H11F3N4O/c12-11(13,14)7-3-1-6(2-4-7)9(16)10-17-8(5-15)19-18-10/h1-4,9H,5,15-16H2. The lowest BCUT2D eigenvalue weighted by Crippen LogP contribution is -2.14. The van der Waals surface area contributed by atoms with Gasteiger partial charge in [0.1, 0.15) is 0 Å². The average molecular weight is 272 g/mol. The number of hydrogen-bond acceptors (Lipinski definition) is 5. The minimum absolute atomic E-state index is 0.0761. The molecule has 8 heteroatoms. The Balaban J connectivity index is 2.22. The molecule has 0 saturated heterocycles. The summed E-state index contributed by atoms with van der Waals surface area (Å²) >= 11 is 0. The molecular weight excluding hydrogens is 261 g/mol. The Kier molecular flexibility index (Phi) is 3.54. The highest BCUT2D eigenvalue weighted by Gasteiger charge is 2.30. The van der Waals surface area contributed by atoms with Crippen LogP contribution >= 0.6 is 0 Å². The van der Waals surface area contributed by atoms with Gasteiger partial charge >= 0.3 is 6.18 Å². The van der Waals surface area contributed by atoms with Gasteiger partial charge in [-0.1, -0.05) is 17.3 Å². The molecule has 2 rings (SSSR count). The van der Waals surface area contributed by atoms with Crippen LogP contribution in [0.3, 0.4) is 0 Å². The summed E-state index contributed by atoms with van der Waals surface area (Å²) in [6.07, 6.45) is -4.37. The van der Waals surface area contributed by atoms with Crippen molar-refractivity contribution in [3.8, 4) is 0 Å². The minimum atomic E-state index is -4.37. The summed E-state index contributed by atoms with van der Waals surface area (Å²) in [7, 11) is 0. The van der Waals surface area contributed by atoms with Crippen molar-refractivity contribution in [3.63, 3.8) is 0 Å². The fraction of sp³-hybridized carbons (Fsp3) is 0.273. The van der Waals surface area contributed by atoms with E-state index in [1.54, 1.807) is 0 Å². The Hall–Kier alpha value is -1.93. The average Bonchev–Trinajstić information content (AvgIpc) is 2.86. The van der Waals surface area contributed by atoms with Gasteiger partial charge in [0, 0.05) is 0 Å². The van der Waals surface area contributed by atoms with Gasteiger partial charge < -0.3 is 16.0 Å². The summed E-state index contributed by atoms with van der Waals surface area (Å²) in [5, 5.41) is 3.62. The van der Waals surface area contributed by atoms with Crippen molar-refractivity contribution in [2.75, 3.05) is 0 Å². The Morgan fingerprint density at radius 2 is 1.84 bits per heavy atom. The molecule has 0 amide bonds. The topological polar surface area (TPSA) is 91.0 Å². The fourth-order valence-electron chi connectivity index (χ4n) is 1.51. The molecule has 19 heavy (non-hydrogen) atoms. The second-order valence-corrected chi connectivity index (χ2v) is 3.85. The van der Waals surface area contributed by atoms with Crippen LogP contribution in [0.15, 0.2) is 28.8 Å². The Labute approximate surface area is 106 Å². The van der Waals surface area contributed by atoms with Crippen LogP contribution in [0.2, 0.25) is 0 Å². The number of hydrogen-bond donors (Lipinski definition) is 2. The Morgan fingerprint density at radius 1 is 1.21 bits per heavy atom. The highest BCUT2D eigenvalue weighted by Crippen LogP contribution is 2.30. The lowest BCUT2D eigenvalue weighted by molar-refractivity contribution is -0.137. The molecule has 0 radical (unpaired) electrons. The van der Waals surface area contributed by atoms with Gasteiger partial charge in [-0.15, -0.1) is 0 Å². The number of nitrogens with two attached hydrogens (primary N) is 2. The van der Waals surface area contributed by atoms with Gasteiger partial charge in [0.15, 0.2) is 5.82 Å². The third-order valence-electron chi connectivity index (χ3n) is 2.53. The second-order valence-electron chi connectivity index (χ2n) is 3.85. The van der Waals surface area contributed by atoms with Crippen LogP contribution in [0.5, 0.6) is 0 Å². The highest BCUT2D eigenvalue weighted by molar-refractivity contribution is 5.29. The molecular formula is C11H11F3N4O. The van der Waals surface area contributed by atoms with E-state index in [9.17, 15) is 13.2 Å². The van der Waals surface area contributed by atoms with Crippen molar-refractivity contribution in [1.29, 1.82) is 0 Å². The van der Waals surface area contributed by atoms with Gasteiger partial charge in [-0.3, -0.25) is 0 Å². The predicted molar refractivity (Wildman–Crippen MR) is 59.7 cm³/mol. The van der Waals surface area contributed by atoms with Crippen molar-refractivity contribution in [2.24, 2.45) is 11.5 Å². The van der Waals surface area contributed by atoms with Crippen LogP contribution in [0, 0.1) is 0 Å². The molecule has 0 aliphatic carbocycles. The number of aromatic nitrogens is 2. The lowest BCUT2D eigenvalue weighted by Gasteiger charge is -2.10. The second kappa shape index (κ2) is 4.98. The van der Waals surface area contributed by atoms with E-state index in [1.807, 2.05) is 0 Å². The van der Waals surface area contributed by atoms with Crippen LogP contribution in [-0.2, 0) is 12.7 Å². The number of benzene rings is 1. The first-order valence-corrected chi connectivity index (χ1v) is 5.37. The molecule has 0 aliphatic heterocycles. The van der Waals surface area contributed by atoms with Crippen LogP contribution in [0.25, 0.3) is 0 Å². The SMILES string of the molecule is NCc1nc(C(N)c2ccc(C(F)(F)F)cc2)no1. The van der Waals surface area contributed by atoms with E-state index < -0.39 is 17.8 Å². The summed E-state index contributed by atoms with van der Waals surface area (Å²) in [5.74, 6) is 0.401. The first-order valence-electron chi connectivity index (χ1n) is 5.37. The van der Waals surface area contributed by atoms with E-state index in [4.69, 9.17) is 16.0 Å². The molecule has 4 N–H and O–H groups in total. The largest absolute Gasteiger partial charge is 0.416 e. The third-order valence-corrected chi connectivity index (χ3v) is 2.53. The molecule has 1 aromatic heterocycles. The monoisotopic (exact) mass is 272 g/mol. The molecule has 1 aromatic carbocycles.